The Hall–Kier alpha value is -2.27. The second-order valence-corrected chi connectivity index (χ2v) is 10.2. The van der Waals surface area contributed by atoms with Crippen LogP contribution in [0.3, 0.4) is 0 Å². The quantitative estimate of drug-likeness (QED) is 0.485. The molecule has 33 heavy (non-hydrogen) atoms. The normalized spacial score (nSPS) is 15.3. The van der Waals surface area contributed by atoms with Gasteiger partial charge < -0.3 is 14.2 Å². The average Bonchev–Trinajstić information content (AvgIpc) is 3.16. The second kappa shape index (κ2) is 11.7. The van der Waals surface area contributed by atoms with Crippen LogP contribution in [0.15, 0.2) is 39.8 Å². The molecule has 3 rings (SSSR count). The van der Waals surface area contributed by atoms with Gasteiger partial charge in [0.15, 0.2) is 5.76 Å². The molecule has 2 heterocycles. The van der Waals surface area contributed by atoms with Crippen LogP contribution in [0.4, 0.5) is 0 Å². The Bertz CT molecular complexity index is 982. The van der Waals surface area contributed by atoms with Gasteiger partial charge in [0.25, 0.3) is 0 Å². The Balaban J connectivity index is 1.52. The van der Waals surface area contributed by atoms with Gasteiger partial charge in [-0.05, 0) is 38.8 Å². The molecule has 9 nitrogen and oxygen atoms in total. The molecule has 10 heteroatoms. The number of nitrogens with zero attached hydrogens (tertiary/aromatic N) is 4. The van der Waals surface area contributed by atoms with Gasteiger partial charge in [-0.1, -0.05) is 35.5 Å². The second-order valence-electron chi connectivity index (χ2n) is 8.30. The minimum atomic E-state index is -3.69. The Morgan fingerprint density at radius 2 is 1.82 bits per heavy atom. The molecule has 0 bridgehead atoms. The third-order valence-corrected chi connectivity index (χ3v) is 8.05. The molecular formula is C23H34N4O5S. The average molecular weight is 479 g/mol. The van der Waals surface area contributed by atoms with Crippen LogP contribution >= 0.6 is 0 Å². The van der Waals surface area contributed by atoms with E-state index in [1.54, 1.807) is 25.9 Å². The maximum atomic E-state index is 13.0. The summed E-state index contributed by atoms with van der Waals surface area (Å²) in [4.78, 5) is 16.9. The third kappa shape index (κ3) is 6.63. The molecule has 1 aromatic heterocycles. The van der Waals surface area contributed by atoms with E-state index in [0.29, 0.717) is 38.5 Å². The van der Waals surface area contributed by atoms with Crippen LogP contribution in [0.25, 0.3) is 0 Å². The predicted octanol–water partition coefficient (Wildman–Crippen LogP) is 1.71. The number of piperazine rings is 1. The van der Waals surface area contributed by atoms with E-state index >= 15 is 0 Å². The van der Waals surface area contributed by atoms with Crippen molar-refractivity contribution in [2.24, 2.45) is 0 Å². The summed E-state index contributed by atoms with van der Waals surface area (Å²) in [6, 6.07) is 10.3. The Morgan fingerprint density at radius 3 is 2.42 bits per heavy atom. The zero-order valence-corrected chi connectivity index (χ0v) is 20.5. The van der Waals surface area contributed by atoms with Crippen molar-refractivity contribution in [1.29, 1.82) is 0 Å². The topological polar surface area (TPSA) is 96.2 Å². The van der Waals surface area contributed by atoms with Crippen molar-refractivity contribution >= 4 is 15.9 Å². The van der Waals surface area contributed by atoms with Gasteiger partial charge in [0.05, 0.1) is 13.2 Å². The fourth-order valence-electron chi connectivity index (χ4n) is 4.08. The number of aryl methyl sites for hydroxylation is 3. The highest BCUT2D eigenvalue weighted by Crippen LogP contribution is 2.24. The molecule has 0 saturated carbocycles. The van der Waals surface area contributed by atoms with E-state index in [2.05, 4.69) is 22.2 Å². The Kier molecular flexibility index (Phi) is 9.02. The molecule has 1 saturated heterocycles. The molecular weight excluding hydrogens is 444 g/mol. The molecule has 182 valence electrons. The van der Waals surface area contributed by atoms with Crippen molar-refractivity contribution in [3.63, 3.8) is 0 Å². The number of rotatable bonds is 11. The van der Waals surface area contributed by atoms with E-state index in [-0.39, 0.29) is 29.7 Å². The van der Waals surface area contributed by atoms with Gasteiger partial charge >= 0.3 is 0 Å². The molecule has 1 aromatic carbocycles. The Labute approximate surface area is 196 Å². The first-order valence-corrected chi connectivity index (χ1v) is 12.7. The number of carbonyl (C=O) groups excluding carboxylic acids is 1. The molecule has 0 N–H and O–H groups in total. The number of amides is 1. The number of hydrogen-bond acceptors (Lipinski definition) is 7. The fourth-order valence-corrected chi connectivity index (χ4v) is 5.80. The van der Waals surface area contributed by atoms with Crippen LogP contribution < -0.4 is 0 Å². The molecule has 0 unspecified atom stereocenters. The maximum Gasteiger partial charge on any atom is 0.248 e. The van der Waals surface area contributed by atoms with Gasteiger partial charge in [0.1, 0.15) is 10.6 Å². The number of aromatic nitrogens is 1. The molecule has 0 radical (unpaired) electrons. The lowest BCUT2D eigenvalue weighted by molar-refractivity contribution is -0.133. The van der Waals surface area contributed by atoms with E-state index < -0.39 is 10.0 Å². The maximum absolute atomic E-state index is 13.0. The van der Waals surface area contributed by atoms with Gasteiger partial charge in [-0.2, -0.15) is 4.31 Å². The van der Waals surface area contributed by atoms with Crippen molar-refractivity contribution in [2.45, 2.75) is 31.6 Å². The summed E-state index contributed by atoms with van der Waals surface area (Å²) < 4.78 is 37.7. The highest BCUT2D eigenvalue weighted by Gasteiger charge is 2.34. The molecule has 1 aliphatic rings. The summed E-state index contributed by atoms with van der Waals surface area (Å²) in [5, 5.41) is 3.76. The first-order chi connectivity index (χ1) is 15.8. The first kappa shape index (κ1) is 25.4. The third-order valence-electron chi connectivity index (χ3n) is 5.91. The monoisotopic (exact) mass is 478 g/mol. The minimum absolute atomic E-state index is 0.0141. The van der Waals surface area contributed by atoms with Crippen molar-refractivity contribution < 1.29 is 22.5 Å². The summed E-state index contributed by atoms with van der Waals surface area (Å²) in [5.41, 5.74) is 1.64. The van der Waals surface area contributed by atoms with Crippen LogP contribution in [-0.2, 0) is 26.0 Å². The number of benzene rings is 1. The van der Waals surface area contributed by atoms with Crippen molar-refractivity contribution in [3.8, 4) is 0 Å². The van der Waals surface area contributed by atoms with E-state index in [1.807, 2.05) is 18.2 Å². The zero-order valence-electron chi connectivity index (χ0n) is 19.7. The van der Waals surface area contributed by atoms with Crippen LogP contribution in [0.2, 0.25) is 0 Å². The summed E-state index contributed by atoms with van der Waals surface area (Å²) in [6.07, 6.45) is 1.90. The van der Waals surface area contributed by atoms with Crippen LogP contribution in [0, 0.1) is 13.8 Å². The molecule has 2 aromatic rings. The molecule has 0 atom stereocenters. The minimum Gasteiger partial charge on any atom is -0.383 e. The number of carbonyl (C=O) groups is 1. The molecule has 1 aliphatic heterocycles. The lowest BCUT2D eigenvalue weighted by Gasteiger charge is -2.35. The number of hydrogen-bond donors (Lipinski definition) is 0. The van der Waals surface area contributed by atoms with Gasteiger partial charge in [0.2, 0.25) is 15.9 Å². The van der Waals surface area contributed by atoms with Crippen LogP contribution in [0.5, 0.6) is 0 Å². The van der Waals surface area contributed by atoms with Crippen molar-refractivity contribution in [2.75, 3.05) is 59.5 Å². The number of ether oxygens (including phenoxy) is 1. The van der Waals surface area contributed by atoms with E-state index in [9.17, 15) is 13.2 Å². The van der Waals surface area contributed by atoms with Gasteiger partial charge in [0, 0.05) is 39.8 Å². The predicted molar refractivity (Wildman–Crippen MR) is 124 cm³/mol. The van der Waals surface area contributed by atoms with Gasteiger partial charge in [-0.3, -0.25) is 9.69 Å². The highest BCUT2D eigenvalue weighted by atomic mass is 32.2. The first-order valence-electron chi connectivity index (χ1n) is 11.3. The number of methoxy groups -OCH3 is 1. The van der Waals surface area contributed by atoms with Crippen molar-refractivity contribution in [1.82, 2.24) is 19.3 Å². The summed E-state index contributed by atoms with van der Waals surface area (Å²) in [5.74, 6) is 0.301. The summed E-state index contributed by atoms with van der Waals surface area (Å²) >= 11 is 0. The highest BCUT2D eigenvalue weighted by molar-refractivity contribution is 7.89. The lowest BCUT2D eigenvalue weighted by Crippen LogP contribution is -2.52. The summed E-state index contributed by atoms with van der Waals surface area (Å²) in [6.45, 7) is 6.79. The molecule has 1 fully saturated rings. The SMILES string of the molecule is COCCN(CCCc1ccccc1)CC(=O)N1CCN(S(=O)(=O)c2c(C)noc2C)CC1. The van der Waals surface area contributed by atoms with E-state index in [1.165, 1.54) is 9.87 Å². The molecule has 0 aliphatic carbocycles. The van der Waals surface area contributed by atoms with Crippen LogP contribution in [-0.4, -0.2) is 93.1 Å². The van der Waals surface area contributed by atoms with E-state index in [0.717, 1.165) is 19.4 Å². The molecule has 1 amide bonds. The number of sulfonamides is 1. The fraction of sp³-hybridized carbons (Fsp3) is 0.565. The van der Waals surface area contributed by atoms with E-state index in [4.69, 9.17) is 9.26 Å². The largest absolute Gasteiger partial charge is 0.383 e. The molecule has 0 spiro atoms. The zero-order chi connectivity index (χ0) is 23.8. The van der Waals surface area contributed by atoms with Gasteiger partial charge in [-0.15, -0.1) is 0 Å². The lowest BCUT2D eigenvalue weighted by atomic mass is 10.1. The smallest absolute Gasteiger partial charge is 0.248 e. The van der Waals surface area contributed by atoms with Crippen molar-refractivity contribution in [3.05, 3.63) is 47.3 Å². The van der Waals surface area contributed by atoms with Crippen LogP contribution in [0.1, 0.15) is 23.4 Å². The van der Waals surface area contributed by atoms with Gasteiger partial charge in [-0.25, -0.2) is 8.42 Å². The Morgan fingerprint density at radius 1 is 1.12 bits per heavy atom. The summed E-state index contributed by atoms with van der Waals surface area (Å²) in [7, 11) is -2.04. The standard InChI is InChI=1S/C23H34N4O5S/c1-19-23(20(2)32-24-19)33(29,30)27-14-12-26(13-15-27)22(28)18-25(16-17-31-3)11-7-10-21-8-5-4-6-9-21/h4-6,8-9H,7,10-18H2,1-3H3.